The number of carbonyl (C=O) groups is 1. The van der Waals surface area contributed by atoms with Crippen molar-refractivity contribution >= 4 is 17.5 Å². The number of rotatable bonds is 3. The molecule has 1 saturated carbocycles. The molecule has 2 aliphatic rings. The van der Waals surface area contributed by atoms with Crippen LogP contribution in [-0.4, -0.2) is 29.8 Å². The minimum absolute atomic E-state index is 0.379. The average molecular weight is 216 g/mol. The second-order valence-electron chi connectivity index (χ2n) is 4.54. The summed E-state index contributed by atoms with van der Waals surface area (Å²) >= 11 is 5.73. The molecule has 2 fully saturated rings. The summed E-state index contributed by atoms with van der Waals surface area (Å²) in [5.74, 6) is 2.17. The van der Waals surface area contributed by atoms with Gasteiger partial charge in [0.1, 0.15) is 0 Å². The van der Waals surface area contributed by atoms with E-state index in [4.69, 9.17) is 11.6 Å². The fourth-order valence-corrected chi connectivity index (χ4v) is 2.55. The van der Waals surface area contributed by atoms with Crippen LogP contribution in [0.1, 0.15) is 32.1 Å². The predicted molar refractivity (Wildman–Crippen MR) is 57.4 cm³/mol. The van der Waals surface area contributed by atoms with Crippen molar-refractivity contribution in [3.63, 3.8) is 0 Å². The van der Waals surface area contributed by atoms with Crippen LogP contribution in [0.4, 0.5) is 0 Å². The number of hydrogen-bond acceptors (Lipinski definition) is 1. The van der Waals surface area contributed by atoms with Crippen molar-refractivity contribution in [1.29, 1.82) is 0 Å². The monoisotopic (exact) mass is 215 g/mol. The van der Waals surface area contributed by atoms with E-state index in [0.717, 1.165) is 38.2 Å². The number of carbonyl (C=O) groups excluding carboxylic acids is 1. The number of hydrogen-bond donors (Lipinski definition) is 0. The molecule has 2 rings (SSSR count). The van der Waals surface area contributed by atoms with Gasteiger partial charge in [-0.15, -0.1) is 11.6 Å². The van der Waals surface area contributed by atoms with Gasteiger partial charge in [-0.25, -0.2) is 0 Å². The van der Waals surface area contributed by atoms with Crippen molar-refractivity contribution in [2.24, 2.45) is 11.8 Å². The van der Waals surface area contributed by atoms with E-state index in [1.165, 1.54) is 12.8 Å². The highest BCUT2D eigenvalue weighted by Gasteiger charge is 2.35. The minimum atomic E-state index is 0.379. The Hall–Kier alpha value is -0.240. The molecule has 1 amide bonds. The van der Waals surface area contributed by atoms with Gasteiger partial charge in [0.25, 0.3) is 0 Å². The minimum Gasteiger partial charge on any atom is -0.342 e. The molecule has 2 nitrogen and oxygen atoms in total. The van der Waals surface area contributed by atoms with Gasteiger partial charge in [0.05, 0.1) is 0 Å². The van der Waals surface area contributed by atoms with E-state index in [-0.39, 0.29) is 0 Å². The maximum atomic E-state index is 11.8. The standard InChI is InChI=1S/C11H18ClNO/c12-6-5-9-2-1-7-13(8-9)11(14)10-3-4-10/h9-10H,1-8H2. The third-order valence-corrected chi connectivity index (χ3v) is 3.49. The van der Waals surface area contributed by atoms with Crippen LogP contribution in [0.3, 0.4) is 0 Å². The second kappa shape index (κ2) is 4.52. The van der Waals surface area contributed by atoms with Gasteiger partial charge in [-0.1, -0.05) is 0 Å². The van der Waals surface area contributed by atoms with Crippen LogP contribution < -0.4 is 0 Å². The quantitative estimate of drug-likeness (QED) is 0.662. The summed E-state index contributed by atoms with van der Waals surface area (Å²) in [5.41, 5.74) is 0. The highest BCUT2D eigenvalue weighted by atomic mass is 35.5. The largest absolute Gasteiger partial charge is 0.342 e. The molecule has 1 aliphatic heterocycles. The Labute approximate surface area is 90.6 Å². The molecular weight excluding hydrogens is 198 g/mol. The lowest BCUT2D eigenvalue weighted by atomic mass is 9.95. The van der Waals surface area contributed by atoms with Gasteiger partial charge in [0.15, 0.2) is 0 Å². The van der Waals surface area contributed by atoms with Crippen molar-refractivity contribution in [1.82, 2.24) is 4.90 Å². The SMILES string of the molecule is O=C(C1CC1)N1CCCC(CCCl)C1. The van der Waals surface area contributed by atoms with Crippen molar-refractivity contribution in [3.05, 3.63) is 0 Å². The van der Waals surface area contributed by atoms with E-state index in [9.17, 15) is 4.79 Å². The van der Waals surface area contributed by atoms with Crippen LogP contribution in [0.25, 0.3) is 0 Å². The van der Waals surface area contributed by atoms with Crippen LogP contribution in [0.2, 0.25) is 0 Å². The fourth-order valence-electron chi connectivity index (χ4n) is 2.24. The molecule has 0 bridgehead atoms. The first-order valence-electron chi connectivity index (χ1n) is 5.66. The van der Waals surface area contributed by atoms with Gasteiger partial charge >= 0.3 is 0 Å². The van der Waals surface area contributed by atoms with E-state index >= 15 is 0 Å². The zero-order chi connectivity index (χ0) is 9.97. The second-order valence-corrected chi connectivity index (χ2v) is 4.92. The van der Waals surface area contributed by atoms with Gasteiger partial charge in [0, 0.05) is 24.9 Å². The molecule has 0 aromatic rings. The number of amides is 1. The molecule has 3 heteroatoms. The zero-order valence-corrected chi connectivity index (χ0v) is 9.30. The molecule has 1 heterocycles. The zero-order valence-electron chi connectivity index (χ0n) is 8.54. The summed E-state index contributed by atoms with van der Waals surface area (Å²) in [7, 11) is 0. The first-order valence-corrected chi connectivity index (χ1v) is 6.19. The van der Waals surface area contributed by atoms with E-state index in [1.807, 2.05) is 0 Å². The molecule has 0 spiro atoms. The lowest BCUT2D eigenvalue weighted by Crippen LogP contribution is -2.40. The van der Waals surface area contributed by atoms with E-state index in [2.05, 4.69) is 4.90 Å². The average Bonchev–Trinajstić information content (AvgIpc) is 3.01. The Balaban J connectivity index is 1.83. The predicted octanol–water partition coefficient (Wildman–Crippen LogP) is 2.26. The van der Waals surface area contributed by atoms with Gasteiger partial charge in [-0.05, 0) is 38.0 Å². The summed E-state index contributed by atoms with van der Waals surface area (Å²) in [6.07, 6.45) is 5.72. The topological polar surface area (TPSA) is 20.3 Å². The van der Waals surface area contributed by atoms with Crippen LogP contribution in [0, 0.1) is 11.8 Å². The Morgan fingerprint density at radius 2 is 2.14 bits per heavy atom. The molecule has 1 aliphatic carbocycles. The molecule has 1 saturated heterocycles. The molecule has 0 N–H and O–H groups in total. The van der Waals surface area contributed by atoms with Crippen LogP contribution in [0.15, 0.2) is 0 Å². The van der Waals surface area contributed by atoms with Crippen molar-refractivity contribution < 1.29 is 4.79 Å². The number of likely N-dealkylation sites (tertiary alicyclic amines) is 1. The van der Waals surface area contributed by atoms with Gasteiger partial charge in [-0.2, -0.15) is 0 Å². The number of alkyl halides is 1. The Bertz CT molecular complexity index is 213. The summed E-state index contributed by atoms with van der Waals surface area (Å²) in [6.45, 7) is 1.94. The molecule has 14 heavy (non-hydrogen) atoms. The molecule has 0 aromatic carbocycles. The van der Waals surface area contributed by atoms with Gasteiger partial charge in [-0.3, -0.25) is 4.79 Å². The third-order valence-electron chi connectivity index (χ3n) is 3.27. The Morgan fingerprint density at radius 1 is 1.36 bits per heavy atom. The van der Waals surface area contributed by atoms with Crippen molar-refractivity contribution in [3.8, 4) is 0 Å². The van der Waals surface area contributed by atoms with Gasteiger partial charge < -0.3 is 4.90 Å². The van der Waals surface area contributed by atoms with Gasteiger partial charge in [0.2, 0.25) is 5.91 Å². The maximum absolute atomic E-state index is 11.8. The van der Waals surface area contributed by atoms with E-state index in [0.29, 0.717) is 17.7 Å². The van der Waals surface area contributed by atoms with Crippen molar-refractivity contribution in [2.75, 3.05) is 19.0 Å². The molecule has 0 aromatic heterocycles. The van der Waals surface area contributed by atoms with E-state index < -0.39 is 0 Å². The molecule has 1 unspecified atom stereocenters. The highest BCUT2D eigenvalue weighted by molar-refractivity contribution is 6.17. The molecule has 1 atom stereocenters. The first-order chi connectivity index (χ1) is 6.81. The summed E-state index contributed by atoms with van der Waals surface area (Å²) in [4.78, 5) is 13.9. The summed E-state index contributed by atoms with van der Waals surface area (Å²) in [5, 5.41) is 0. The number of piperidine rings is 1. The molecular formula is C11H18ClNO. The normalized spacial score (nSPS) is 27.8. The summed E-state index contributed by atoms with van der Waals surface area (Å²) < 4.78 is 0. The van der Waals surface area contributed by atoms with Crippen molar-refractivity contribution in [2.45, 2.75) is 32.1 Å². The highest BCUT2D eigenvalue weighted by Crippen LogP contribution is 2.32. The van der Waals surface area contributed by atoms with Crippen LogP contribution in [0.5, 0.6) is 0 Å². The lowest BCUT2D eigenvalue weighted by molar-refractivity contribution is -0.134. The Morgan fingerprint density at radius 3 is 2.79 bits per heavy atom. The van der Waals surface area contributed by atoms with Crippen LogP contribution >= 0.6 is 11.6 Å². The fraction of sp³-hybridized carbons (Fsp3) is 0.909. The smallest absolute Gasteiger partial charge is 0.225 e. The first kappa shape index (κ1) is 10.3. The third kappa shape index (κ3) is 2.41. The maximum Gasteiger partial charge on any atom is 0.225 e. The number of halogens is 1. The summed E-state index contributed by atoms with van der Waals surface area (Å²) in [6, 6.07) is 0. The Kier molecular flexibility index (Phi) is 3.32. The molecule has 80 valence electrons. The number of nitrogens with zero attached hydrogens (tertiary/aromatic N) is 1. The molecule has 0 radical (unpaired) electrons. The lowest BCUT2D eigenvalue weighted by Gasteiger charge is -2.32. The van der Waals surface area contributed by atoms with Crippen LogP contribution in [-0.2, 0) is 4.79 Å². The van der Waals surface area contributed by atoms with E-state index in [1.54, 1.807) is 0 Å².